The van der Waals surface area contributed by atoms with Gasteiger partial charge in [0.15, 0.2) is 5.96 Å². The lowest BCUT2D eigenvalue weighted by molar-refractivity contribution is 0.488. The number of hydrogen-bond acceptors (Lipinski definition) is 5. The van der Waals surface area contributed by atoms with Crippen molar-refractivity contribution < 1.29 is 12.8 Å². The molecule has 2 heterocycles. The van der Waals surface area contributed by atoms with E-state index in [9.17, 15) is 8.42 Å². The Morgan fingerprint density at radius 3 is 2.79 bits per heavy atom. The quantitative estimate of drug-likeness (QED) is 0.296. The lowest BCUT2D eigenvalue weighted by atomic mass is 10.2. The molecule has 28 heavy (non-hydrogen) atoms. The Bertz CT molecular complexity index is 994. The van der Waals surface area contributed by atoms with Crippen LogP contribution in [0.15, 0.2) is 61.5 Å². The number of guanidine groups is 1. The molecule has 1 aromatic carbocycles. The highest BCUT2D eigenvalue weighted by Gasteiger charge is 2.15. The lowest BCUT2D eigenvalue weighted by Crippen LogP contribution is -2.39. The van der Waals surface area contributed by atoms with Gasteiger partial charge in [0.05, 0.1) is 12.6 Å². The molecule has 1 atom stereocenters. The van der Waals surface area contributed by atoms with Crippen LogP contribution in [-0.2, 0) is 10.0 Å². The monoisotopic (exact) mass is 420 g/mol. The molecular weight excluding hydrogens is 396 g/mol. The summed E-state index contributed by atoms with van der Waals surface area (Å²) in [5.74, 6) is 1.41. The number of thiophene rings is 1. The van der Waals surface area contributed by atoms with E-state index in [4.69, 9.17) is 4.42 Å². The molecule has 3 N–H and O–H groups in total. The Kier molecular flexibility index (Phi) is 6.71. The van der Waals surface area contributed by atoms with Crippen molar-refractivity contribution in [3.05, 3.63) is 53.6 Å². The van der Waals surface area contributed by atoms with Crippen LogP contribution in [0, 0.1) is 0 Å². The van der Waals surface area contributed by atoms with Gasteiger partial charge in [-0.15, -0.1) is 11.3 Å². The first-order valence-corrected chi connectivity index (χ1v) is 11.4. The maximum absolute atomic E-state index is 12.1. The Hall–Kier alpha value is -2.36. The van der Waals surface area contributed by atoms with E-state index in [-0.39, 0.29) is 12.6 Å². The van der Waals surface area contributed by atoms with Crippen molar-refractivity contribution >= 4 is 38.3 Å². The number of nitrogens with zero attached hydrogens (tertiary/aromatic N) is 1. The van der Waals surface area contributed by atoms with Crippen LogP contribution in [0.5, 0.6) is 0 Å². The highest BCUT2D eigenvalue weighted by molar-refractivity contribution is 7.91. The average Bonchev–Trinajstić information content (AvgIpc) is 3.35. The van der Waals surface area contributed by atoms with Gasteiger partial charge in [-0.3, -0.25) is 4.99 Å². The summed E-state index contributed by atoms with van der Waals surface area (Å²) in [7, 11) is -3.46. The molecule has 0 saturated heterocycles. The number of benzene rings is 1. The van der Waals surface area contributed by atoms with E-state index >= 15 is 0 Å². The molecule has 0 fully saturated rings. The van der Waals surface area contributed by atoms with E-state index in [2.05, 4.69) is 20.3 Å². The maximum Gasteiger partial charge on any atom is 0.250 e. The zero-order valence-electron chi connectivity index (χ0n) is 15.8. The first-order valence-electron chi connectivity index (χ1n) is 9.06. The van der Waals surface area contributed by atoms with Gasteiger partial charge >= 0.3 is 0 Å². The standard InChI is InChI=1S/C19H24N4O3S2/c1-3-20-19(21-10-11-22-28(24,25)18-9-6-12-27-18)23-14(2)17-13-15-7-4-5-8-16(15)26-17/h4-9,12-14,22H,3,10-11H2,1-2H3,(H2,20,21,23). The maximum atomic E-state index is 12.1. The van der Waals surface area contributed by atoms with Crippen molar-refractivity contribution in [2.24, 2.45) is 4.99 Å². The molecule has 0 radical (unpaired) electrons. The fraction of sp³-hybridized carbons (Fsp3) is 0.316. The number of fused-ring (bicyclic) bond motifs is 1. The largest absolute Gasteiger partial charge is 0.459 e. The van der Waals surface area contributed by atoms with Gasteiger partial charge in [-0.05, 0) is 37.4 Å². The average molecular weight is 421 g/mol. The predicted octanol–water partition coefficient (Wildman–Crippen LogP) is 3.09. The Balaban J connectivity index is 1.59. The molecule has 0 aliphatic heterocycles. The van der Waals surface area contributed by atoms with E-state index in [1.54, 1.807) is 17.5 Å². The second-order valence-corrected chi connectivity index (χ2v) is 9.08. The van der Waals surface area contributed by atoms with Gasteiger partial charge in [-0.25, -0.2) is 13.1 Å². The van der Waals surface area contributed by atoms with Gasteiger partial charge in [-0.2, -0.15) is 0 Å². The third-order valence-corrected chi connectivity index (χ3v) is 6.86. The lowest BCUT2D eigenvalue weighted by Gasteiger charge is -2.16. The highest BCUT2D eigenvalue weighted by atomic mass is 32.2. The van der Waals surface area contributed by atoms with Crippen molar-refractivity contribution in [1.29, 1.82) is 0 Å². The smallest absolute Gasteiger partial charge is 0.250 e. The normalized spacial score (nSPS) is 13.6. The first-order chi connectivity index (χ1) is 13.5. The van der Waals surface area contributed by atoms with E-state index in [1.165, 1.54) is 11.3 Å². The number of nitrogens with one attached hydrogen (secondary N) is 3. The van der Waals surface area contributed by atoms with Gasteiger partial charge in [0.25, 0.3) is 0 Å². The van der Waals surface area contributed by atoms with Gasteiger partial charge in [0, 0.05) is 18.5 Å². The van der Waals surface area contributed by atoms with E-state index in [1.807, 2.05) is 44.2 Å². The van der Waals surface area contributed by atoms with Crippen molar-refractivity contribution in [3.63, 3.8) is 0 Å². The van der Waals surface area contributed by atoms with Gasteiger partial charge in [0.1, 0.15) is 15.6 Å². The number of aliphatic imine (C=N–C) groups is 1. The summed E-state index contributed by atoms with van der Waals surface area (Å²) in [5, 5.41) is 9.24. The summed E-state index contributed by atoms with van der Waals surface area (Å²) in [5.41, 5.74) is 0.844. The Morgan fingerprint density at radius 2 is 2.07 bits per heavy atom. The number of furan rings is 1. The third kappa shape index (κ3) is 5.12. The third-order valence-electron chi connectivity index (χ3n) is 4.00. The summed E-state index contributed by atoms with van der Waals surface area (Å²) in [4.78, 5) is 4.45. The van der Waals surface area contributed by atoms with Crippen LogP contribution in [0.1, 0.15) is 25.6 Å². The number of sulfonamides is 1. The van der Waals surface area contributed by atoms with Crippen LogP contribution in [0.25, 0.3) is 11.0 Å². The van der Waals surface area contributed by atoms with Gasteiger partial charge in [-0.1, -0.05) is 24.3 Å². The molecule has 1 unspecified atom stereocenters. The fourth-order valence-electron chi connectivity index (χ4n) is 2.65. The van der Waals surface area contributed by atoms with Crippen LogP contribution >= 0.6 is 11.3 Å². The van der Waals surface area contributed by atoms with Crippen LogP contribution in [0.2, 0.25) is 0 Å². The van der Waals surface area contributed by atoms with Crippen LogP contribution in [0.3, 0.4) is 0 Å². The fourth-order valence-corrected chi connectivity index (χ4v) is 4.71. The summed E-state index contributed by atoms with van der Waals surface area (Å²) in [6.07, 6.45) is 0. The number of rotatable bonds is 8. The summed E-state index contributed by atoms with van der Waals surface area (Å²) >= 11 is 1.19. The number of para-hydroxylation sites is 1. The van der Waals surface area contributed by atoms with Gasteiger partial charge < -0.3 is 15.1 Å². The summed E-state index contributed by atoms with van der Waals surface area (Å²) < 4.78 is 33.0. The minimum atomic E-state index is -3.46. The van der Waals surface area contributed by atoms with E-state index in [0.717, 1.165) is 16.7 Å². The summed E-state index contributed by atoms with van der Waals surface area (Å²) in [6, 6.07) is 13.1. The molecule has 150 valence electrons. The molecule has 3 aromatic rings. The molecule has 3 rings (SSSR count). The molecule has 0 saturated carbocycles. The minimum absolute atomic E-state index is 0.0898. The van der Waals surface area contributed by atoms with Crippen molar-refractivity contribution in [3.8, 4) is 0 Å². The van der Waals surface area contributed by atoms with Crippen LogP contribution in [-0.4, -0.2) is 34.0 Å². The second kappa shape index (κ2) is 9.22. The van der Waals surface area contributed by atoms with Gasteiger partial charge in [0.2, 0.25) is 10.0 Å². The predicted molar refractivity (Wildman–Crippen MR) is 113 cm³/mol. The second-order valence-electron chi connectivity index (χ2n) is 6.14. The van der Waals surface area contributed by atoms with Crippen LogP contribution < -0.4 is 15.4 Å². The summed E-state index contributed by atoms with van der Waals surface area (Å²) in [6.45, 7) is 5.19. The molecular formula is C19H24N4O3S2. The molecule has 7 nitrogen and oxygen atoms in total. The minimum Gasteiger partial charge on any atom is -0.459 e. The Labute approximate surface area is 168 Å². The van der Waals surface area contributed by atoms with Crippen molar-refractivity contribution in [1.82, 2.24) is 15.4 Å². The van der Waals surface area contributed by atoms with E-state index < -0.39 is 10.0 Å². The SMILES string of the molecule is CCNC(=NCCNS(=O)(=O)c1cccs1)NC(C)c1cc2ccccc2o1. The molecule has 0 spiro atoms. The molecule has 9 heteroatoms. The first kappa shape index (κ1) is 20.4. The van der Waals surface area contributed by atoms with E-state index in [0.29, 0.717) is 23.3 Å². The molecule has 0 bridgehead atoms. The Morgan fingerprint density at radius 1 is 1.25 bits per heavy atom. The van der Waals surface area contributed by atoms with Crippen LogP contribution in [0.4, 0.5) is 0 Å². The molecule has 0 aliphatic rings. The zero-order chi connectivity index (χ0) is 20.0. The zero-order valence-corrected chi connectivity index (χ0v) is 17.4. The molecule has 0 amide bonds. The van der Waals surface area contributed by atoms with Crippen molar-refractivity contribution in [2.75, 3.05) is 19.6 Å². The topological polar surface area (TPSA) is 95.7 Å². The molecule has 2 aromatic heterocycles. The number of hydrogen-bond donors (Lipinski definition) is 3. The highest BCUT2D eigenvalue weighted by Crippen LogP contribution is 2.23. The van der Waals surface area contributed by atoms with Crippen molar-refractivity contribution in [2.45, 2.75) is 24.1 Å². The molecule has 0 aliphatic carbocycles.